The molecule has 18 heavy (non-hydrogen) atoms. The zero-order chi connectivity index (χ0) is 13.5. The van der Waals surface area contributed by atoms with E-state index < -0.39 is 5.97 Å². The summed E-state index contributed by atoms with van der Waals surface area (Å²) in [6.07, 6.45) is 0.726. The van der Waals surface area contributed by atoms with Crippen molar-refractivity contribution in [2.75, 3.05) is 12.4 Å². The van der Waals surface area contributed by atoms with E-state index in [0.29, 0.717) is 12.4 Å². The van der Waals surface area contributed by atoms with Gasteiger partial charge in [0.1, 0.15) is 11.3 Å². The molecule has 1 aromatic carbocycles. The molecule has 0 unspecified atom stereocenters. The highest BCUT2D eigenvalue weighted by Gasteiger charge is 2.16. The lowest BCUT2D eigenvalue weighted by Crippen LogP contribution is -2.06. The van der Waals surface area contributed by atoms with Crippen LogP contribution in [-0.4, -0.2) is 23.4 Å². The Balaban J connectivity index is 2.92. The van der Waals surface area contributed by atoms with E-state index in [-0.39, 0.29) is 5.56 Å². The highest BCUT2D eigenvalue weighted by molar-refractivity contribution is 7.99. The van der Waals surface area contributed by atoms with Gasteiger partial charge in [0.2, 0.25) is 0 Å². The quantitative estimate of drug-likeness (QED) is 0.601. The van der Waals surface area contributed by atoms with Gasteiger partial charge in [0, 0.05) is 11.3 Å². The molecule has 0 heterocycles. The summed E-state index contributed by atoms with van der Waals surface area (Å²) in [4.78, 5) is 12.1. The SMILES string of the molecule is C=C(C)CCOc1cccc(SCC)c1C(=O)O. The predicted molar refractivity (Wildman–Crippen MR) is 74.7 cm³/mol. The van der Waals surface area contributed by atoms with Crippen LogP contribution >= 0.6 is 11.8 Å². The number of carbonyl (C=O) groups is 1. The van der Waals surface area contributed by atoms with E-state index in [2.05, 4.69) is 6.58 Å². The molecule has 0 fully saturated rings. The van der Waals surface area contributed by atoms with Crippen molar-refractivity contribution in [1.29, 1.82) is 0 Å². The Bertz CT molecular complexity index is 441. The van der Waals surface area contributed by atoms with Crippen LogP contribution in [0.2, 0.25) is 0 Å². The second kappa shape index (κ2) is 7.11. The zero-order valence-corrected chi connectivity index (χ0v) is 11.5. The fourth-order valence-corrected chi connectivity index (χ4v) is 2.27. The highest BCUT2D eigenvalue weighted by atomic mass is 32.2. The Morgan fingerprint density at radius 2 is 2.22 bits per heavy atom. The van der Waals surface area contributed by atoms with Gasteiger partial charge in [0.05, 0.1) is 6.61 Å². The number of carboxylic acids is 1. The monoisotopic (exact) mass is 266 g/mol. The molecule has 0 aliphatic rings. The van der Waals surface area contributed by atoms with Crippen molar-refractivity contribution in [2.45, 2.75) is 25.2 Å². The summed E-state index contributed by atoms with van der Waals surface area (Å²) in [6, 6.07) is 5.32. The maximum absolute atomic E-state index is 11.3. The summed E-state index contributed by atoms with van der Waals surface area (Å²) >= 11 is 1.51. The first kappa shape index (κ1) is 14.6. The highest BCUT2D eigenvalue weighted by Crippen LogP contribution is 2.30. The van der Waals surface area contributed by atoms with Crippen LogP contribution in [-0.2, 0) is 0 Å². The summed E-state index contributed by atoms with van der Waals surface area (Å²) in [5.41, 5.74) is 1.28. The molecule has 1 N–H and O–H groups in total. The van der Waals surface area contributed by atoms with Crippen LogP contribution in [0, 0.1) is 0 Å². The van der Waals surface area contributed by atoms with E-state index in [4.69, 9.17) is 4.74 Å². The molecular formula is C14H18O3S. The normalized spacial score (nSPS) is 10.1. The number of rotatable bonds is 7. The molecule has 0 atom stereocenters. The van der Waals surface area contributed by atoms with Crippen molar-refractivity contribution in [1.82, 2.24) is 0 Å². The Hall–Kier alpha value is -1.42. The fraction of sp³-hybridized carbons (Fsp3) is 0.357. The smallest absolute Gasteiger partial charge is 0.340 e. The van der Waals surface area contributed by atoms with Crippen LogP contribution in [0.4, 0.5) is 0 Å². The number of hydrogen-bond acceptors (Lipinski definition) is 3. The van der Waals surface area contributed by atoms with Gasteiger partial charge in [-0.05, 0) is 24.8 Å². The van der Waals surface area contributed by atoms with Crippen molar-refractivity contribution in [2.24, 2.45) is 0 Å². The molecule has 4 heteroatoms. The Kier molecular flexibility index (Phi) is 5.78. The summed E-state index contributed by atoms with van der Waals surface area (Å²) in [5.74, 6) is 0.314. The minimum absolute atomic E-state index is 0.256. The van der Waals surface area contributed by atoms with E-state index in [9.17, 15) is 9.90 Å². The van der Waals surface area contributed by atoms with Gasteiger partial charge in [-0.3, -0.25) is 0 Å². The number of hydrogen-bond donors (Lipinski definition) is 1. The number of aromatic carboxylic acids is 1. The first-order chi connectivity index (χ1) is 8.56. The van der Waals surface area contributed by atoms with Gasteiger partial charge in [0.25, 0.3) is 0 Å². The van der Waals surface area contributed by atoms with Gasteiger partial charge >= 0.3 is 5.97 Å². The molecule has 0 amide bonds. The molecule has 3 nitrogen and oxygen atoms in total. The largest absolute Gasteiger partial charge is 0.492 e. The van der Waals surface area contributed by atoms with Gasteiger partial charge in [0.15, 0.2) is 0 Å². The second-order valence-electron chi connectivity index (χ2n) is 3.92. The Labute approximate surface area is 112 Å². The number of thioether (sulfide) groups is 1. The molecule has 0 aliphatic heterocycles. The summed E-state index contributed by atoms with van der Waals surface area (Å²) < 4.78 is 5.54. The molecule has 0 aromatic heterocycles. The maximum Gasteiger partial charge on any atom is 0.340 e. The third kappa shape index (κ3) is 4.11. The molecule has 98 valence electrons. The summed E-state index contributed by atoms with van der Waals surface area (Å²) in [5, 5.41) is 9.27. The van der Waals surface area contributed by atoms with E-state index in [1.807, 2.05) is 26.0 Å². The molecule has 0 bridgehead atoms. The lowest BCUT2D eigenvalue weighted by molar-refractivity contribution is 0.0688. The van der Waals surface area contributed by atoms with Crippen LogP contribution < -0.4 is 4.74 Å². The number of carboxylic acid groups (broad SMARTS) is 1. The topological polar surface area (TPSA) is 46.5 Å². The molecular weight excluding hydrogens is 248 g/mol. The lowest BCUT2D eigenvalue weighted by atomic mass is 10.2. The van der Waals surface area contributed by atoms with E-state index >= 15 is 0 Å². The number of ether oxygens (including phenoxy) is 1. The molecule has 0 saturated carbocycles. The molecule has 1 aromatic rings. The molecule has 0 aliphatic carbocycles. The van der Waals surface area contributed by atoms with Crippen LogP contribution in [0.3, 0.4) is 0 Å². The molecule has 0 radical (unpaired) electrons. The zero-order valence-electron chi connectivity index (χ0n) is 10.7. The van der Waals surface area contributed by atoms with Gasteiger partial charge < -0.3 is 9.84 Å². The van der Waals surface area contributed by atoms with Crippen LogP contribution in [0.1, 0.15) is 30.6 Å². The maximum atomic E-state index is 11.3. The summed E-state index contributed by atoms with van der Waals surface area (Å²) in [6.45, 7) is 8.16. The van der Waals surface area contributed by atoms with Crippen molar-refractivity contribution < 1.29 is 14.6 Å². The minimum Gasteiger partial charge on any atom is -0.492 e. The van der Waals surface area contributed by atoms with Gasteiger partial charge in [-0.1, -0.05) is 18.6 Å². The first-order valence-electron chi connectivity index (χ1n) is 5.82. The predicted octanol–water partition coefficient (Wildman–Crippen LogP) is 3.84. The average Bonchev–Trinajstić information content (AvgIpc) is 2.28. The van der Waals surface area contributed by atoms with Crippen molar-refractivity contribution in [3.05, 3.63) is 35.9 Å². The van der Waals surface area contributed by atoms with Crippen LogP contribution in [0.25, 0.3) is 0 Å². The molecule has 0 saturated heterocycles. The van der Waals surface area contributed by atoms with Gasteiger partial charge in [-0.2, -0.15) is 0 Å². The molecule has 1 rings (SSSR count). The third-order valence-corrected chi connectivity index (χ3v) is 3.23. The Morgan fingerprint density at radius 3 is 2.78 bits per heavy atom. The van der Waals surface area contributed by atoms with E-state index in [1.54, 1.807) is 6.07 Å². The fourth-order valence-electron chi connectivity index (χ4n) is 1.45. The number of benzene rings is 1. The van der Waals surface area contributed by atoms with Crippen molar-refractivity contribution >= 4 is 17.7 Å². The standard InChI is InChI=1S/C14H18O3S/c1-4-18-12-7-5-6-11(13(12)14(15)16)17-9-8-10(2)3/h5-7H,2,4,8-9H2,1,3H3,(H,15,16). The molecule has 0 spiro atoms. The van der Waals surface area contributed by atoms with Crippen molar-refractivity contribution in [3.63, 3.8) is 0 Å². The van der Waals surface area contributed by atoms with Crippen LogP contribution in [0.15, 0.2) is 35.2 Å². The van der Waals surface area contributed by atoms with Gasteiger partial charge in [-0.25, -0.2) is 4.79 Å². The Morgan fingerprint density at radius 1 is 1.50 bits per heavy atom. The lowest BCUT2D eigenvalue weighted by Gasteiger charge is -2.12. The minimum atomic E-state index is -0.947. The van der Waals surface area contributed by atoms with E-state index in [0.717, 1.165) is 22.6 Å². The second-order valence-corrected chi connectivity index (χ2v) is 5.23. The first-order valence-corrected chi connectivity index (χ1v) is 6.81. The average molecular weight is 266 g/mol. The van der Waals surface area contributed by atoms with Gasteiger partial charge in [-0.15, -0.1) is 18.3 Å². The summed E-state index contributed by atoms with van der Waals surface area (Å²) in [7, 11) is 0. The van der Waals surface area contributed by atoms with E-state index in [1.165, 1.54) is 11.8 Å². The third-order valence-electron chi connectivity index (χ3n) is 2.29. The van der Waals surface area contributed by atoms with Crippen LogP contribution in [0.5, 0.6) is 5.75 Å². The van der Waals surface area contributed by atoms with Crippen molar-refractivity contribution in [3.8, 4) is 5.75 Å².